The molecule has 0 unspecified atom stereocenters. The van der Waals surface area contributed by atoms with Gasteiger partial charge >= 0.3 is 5.97 Å². The molecule has 1 amide bonds. The van der Waals surface area contributed by atoms with Crippen molar-refractivity contribution in [2.24, 2.45) is 0 Å². The summed E-state index contributed by atoms with van der Waals surface area (Å²) >= 11 is 2.01. The number of benzene rings is 1. The van der Waals surface area contributed by atoms with Crippen LogP contribution in [0.1, 0.15) is 46.9 Å². The fraction of sp³-hybridized carbons (Fsp3) is 0.385. The van der Waals surface area contributed by atoms with Gasteiger partial charge in [-0.1, -0.05) is 19.8 Å². The number of halogens is 1. The Morgan fingerprint density at radius 3 is 2.50 bits per heavy atom. The summed E-state index contributed by atoms with van der Waals surface area (Å²) in [5, 5.41) is 11.7. The Morgan fingerprint density at radius 1 is 1.22 bits per heavy atom. The Hall–Kier alpha value is -1.11. The fourth-order valence-corrected chi connectivity index (χ4v) is 2.19. The van der Waals surface area contributed by atoms with Gasteiger partial charge in [-0.25, -0.2) is 4.79 Å². The maximum Gasteiger partial charge on any atom is 0.335 e. The van der Waals surface area contributed by atoms with Crippen molar-refractivity contribution in [3.05, 3.63) is 32.9 Å². The molecule has 0 saturated carbocycles. The highest BCUT2D eigenvalue weighted by Crippen LogP contribution is 2.13. The lowest BCUT2D eigenvalue weighted by Gasteiger charge is -2.06. The second-order valence-corrected chi connectivity index (χ2v) is 5.24. The Balaban J connectivity index is 2.70. The van der Waals surface area contributed by atoms with Gasteiger partial charge in [-0.15, -0.1) is 0 Å². The summed E-state index contributed by atoms with van der Waals surface area (Å²) in [7, 11) is 0. The predicted molar refractivity (Wildman–Crippen MR) is 78.0 cm³/mol. The maximum absolute atomic E-state index is 11.8. The molecule has 1 aromatic rings. The first-order valence-electron chi connectivity index (χ1n) is 5.86. The van der Waals surface area contributed by atoms with E-state index in [2.05, 4.69) is 12.2 Å². The van der Waals surface area contributed by atoms with Crippen molar-refractivity contribution in [3.63, 3.8) is 0 Å². The molecule has 0 aliphatic heterocycles. The van der Waals surface area contributed by atoms with Crippen LogP contribution in [0.3, 0.4) is 0 Å². The van der Waals surface area contributed by atoms with Crippen LogP contribution in [0.5, 0.6) is 0 Å². The normalized spacial score (nSPS) is 10.1. The van der Waals surface area contributed by atoms with Gasteiger partial charge in [0.15, 0.2) is 0 Å². The second-order valence-electron chi connectivity index (χ2n) is 4.00. The van der Waals surface area contributed by atoms with E-state index in [4.69, 9.17) is 5.11 Å². The number of rotatable bonds is 6. The molecule has 0 radical (unpaired) electrons. The van der Waals surface area contributed by atoms with Gasteiger partial charge in [-0.2, -0.15) is 0 Å². The van der Waals surface area contributed by atoms with E-state index in [1.807, 2.05) is 22.6 Å². The van der Waals surface area contributed by atoms with Gasteiger partial charge in [0.25, 0.3) is 5.91 Å². The van der Waals surface area contributed by atoms with E-state index in [9.17, 15) is 9.59 Å². The first kappa shape index (κ1) is 14.9. The van der Waals surface area contributed by atoms with Crippen molar-refractivity contribution < 1.29 is 14.7 Å². The van der Waals surface area contributed by atoms with Crippen molar-refractivity contribution in [2.75, 3.05) is 6.54 Å². The number of nitrogens with one attached hydrogen (secondary N) is 1. The molecule has 98 valence electrons. The maximum atomic E-state index is 11.8. The molecular weight excluding hydrogens is 345 g/mol. The third-order valence-corrected chi connectivity index (χ3v) is 3.10. The molecule has 1 aromatic carbocycles. The Labute approximate surface area is 120 Å². The van der Waals surface area contributed by atoms with Crippen LogP contribution in [0.4, 0.5) is 0 Å². The molecular formula is C13H16INO3. The molecule has 0 aromatic heterocycles. The van der Waals surface area contributed by atoms with Crippen LogP contribution in [0.15, 0.2) is 18.2 Å². The zero-order chi connectivity index (χ0) is 13.5. The number of carbonyl (C=O) groups excluding carboxylic acids is 1. The van der Waals surface area contributed by atoms with E-state index < -0.39 is 5.97 Å². The summed E-state index contributed by atoms with van der Waals surface area (Å²) in [6.07, 6.45) is 3.12. The SMILES string of the molecule is CCCCCNC(=O)c1cc(I)cc(C(=O)O)c1. The molecule has 1 rings (SSSR count). The van der Waals surface area contributed by atoms with E-state index >= 15 is 0 Å². The minimum atomic E-state index is -1.02. The summed E-state index contributed by atoms with van der Waals surface area (Å²) < 4.78 is 0.742. The van der Waals surface area contributed by atoms with Crippen molar-refractivity contribution in [1.82, 2.24) is 5.32 Å². The highest BCUT2D eigenvalue weighted by atomic mass is 127. The van der Waals surface area contributed by atoms with Crippen LogP contribution in [0.2, 0.25) is 0 Å². The van der Waals surface area contributed by atoms with Gasteiger partial charge < -0.3 is 10.4 Å². The van der Waals surface area contributed by atoms with E-state index in [-0.39, 0.29) is 11.5 Å². The summed E-state index contributed by atoms with van der Waals surface area (Å²) in [4.78, 5) is 22.7. The van der Waals surface area contributed by atoms with Crippen molar-refractivity contribution in [1.29, 1.82) is 0 Å². The first-order valence-corrected chi connectivity index (χ1v) is 6.94. The van der Waals surface area contributed by atoms with Gasteiger partial charge in [0, 0.05) is 15.7 Å². The second kappa shape index (κ2) is 7.35. The van der Waals surface area contributed by atoms with Gasteiger partial charge in [0.1, 0.15) is 0 Å². The smallest absolute Gasteiger partial charge is 0.335 e. The van der Waals surface area contributed by atoms with Crippen molar-refractivity contribution >= 4 is 34.5 Å². The zero-order valence-electron chi connectivity index (χ0n) is 10.2. The minimum absolute atomic E-state index is 0.139. The Kier molecular flexibility index (Phi) is 6.11. The molecule has 0 bridgehead atoms. The molecule has 18 heavy (non-hydrogen) atoms. The number of unbranched alkanes of at least 4 members (excludes halogenated alkanes) is 2. The first-order chi connectivity index (χ1) is 8.54. The number of amides is 1. The summed E-state index contributed by atoms with van der Waals surface area (Å²) in [6.45, 7) is 2.72. The molecule has 0 saturated heterocycles. The largest absolute Gasteiger partial charge is 0.478 e. The van der Waals surface area contributed by atoms with Crippen molar-refractivity contribution in [2.45, 2.75) is 26.2 Å². The van der Waals surface area contributed by atoms with Crippen molar-refractivity contribution in [3.8, 4) is 0 Å². The predicted octanol–water partition coefficient (Wildman–Crippen LogP) is 2.91. The van der Waals surface area contributed by atoms with Crippen LogP contribution in [-0.4, -0.2) is 23.5 Å². The van der Waals surface area contributed by atoms with Crippen LogP contribution in [0.25, 0.3) is 0 Å². The van der Waals surface area contributed by atoms with Crippen LogP contribution in [0, 0.1) is 3.57 Å². The molecule has 0 aliphatic rings. The molecule has 4 nitrogen and oxygen atoms in total. The van der Waals surface area contributed by atoms with Gasteiger partial charge in [0.05, 0.1) is 5.56 Å². The molecule has 0 atom stereocenters. The lowest BCUT2D eigenvalue weighted by atomic mass is 10.1. The Morgan fingerprint density at radius 2 is 1.89 bits per heavy atom. The number of hydrogen-bond donors (Lipinski definition) is 2. The number of carboxylic acids is 1. The van der Waals surface area contributed by atoms with Gasteiger partial charge in [-0.3, -0.25) is 4.79 Å². The zero-order valence-corrected chi connectivity index (χ0v) is 12.4. The average Bonchev–Trinajstić information content (AvgIpc) is 2.33. The lowest BCUT2D eigenvalue weighted by molar-refractivity contribution is 0.0697. The van der Waals surface area contributed by atoms with E-state index in [1.54, 1.807) is 6.07 Å². The molecule has 5 heteroatoms. The lowest BCUT2D eigenvalue weighted by Crippen LogP contribution is -2.24. The summed E-state index contributed by atoms with van der Waals surface area (Å²) in [5.41, 5.74) is 0.538. The van der Waals surface area contributed by atoms with Gasteiger partial charge in [0.2, 0.25) is 0 Å². The molecule has 0 fully saturated rings. The number of carbonyl (C=O) groups is 2. The van der Waals surface area contributed by atoms with Crippen LogP contribution < -0.4 is 5.32 Å². The quantitative estimate of drug-likeness (QED) is 0.605. The highest BCUT2D eigenvalue weighted by Gasteiger charge is 2.11. The summed E-state index contributed by atoms with van der Waals surface area (Å²) in [6, 6.07) is 4.62. The molecule has 0 heterocycles. The highest BCUT2D eigenvalue weighted by molar-refractivity contribution is 14.1. The number of hydrogen-bond acceptors (Lipinski definition) is 2. The standard InChI is InChI=1S/C13H16INO3/c1-2-3-4-5-15-12(16)9-6-10(13(17)18)8-11(14)7-9/h6-8H,2-5H2,1H3,(H,15,16)(H,17,18). The molecule has 2 N–H and O–H groups in total. The topological polar surface area (TPSA) is 66.4 Å². The Bertz CT molecular complexity index is 446. The van der Waals surface area contributed by atoms with Crippen LogP contribution in [-0.2, 0) is 0 Å². The van der Waals surface area contributed by atoms with E-state index in [1.165, 1.54) is 12.1 Å². The third-order valence-electron chi connectivity index (χ3n) is 2.47. The monoisotopic (exact) mass is 361 g/mol. The summed E-state index contributed by atoms with van der Waals surface area (Å²) in [5.74, 6) is -1.24. The average molecular weight is 361 g/mol. The number of carboxylic acid groups (broad SMARTS) is 1. The molecule has 0 spiro atoms. The minimum Gasteiger partial charge on any atom is -0.478 e. The van der Waals surface area contributed by atoms with Crippen LogP contribution >= 0.6 is 22.6 Å². The van der Waals surface area contributed by atoms with E-state index in [0.717, 1.165) is 22.8 Å². The van der Waals surface area contributed by atoms with E-state index in [0.29, 0.717) is 12.1 Å². The molecule has 0 aliphatic carbocycles. The fourth-order valence-electron chi connectivity index (χ4n) is 1.52. The van der Waals surface area contributed by atoms with Gasteiger partial charge in [-0.05, 0) is 47.2 Å². The third kappa shape index (κ3) is 4.64. The number of aromatic carboxylic acids is 1.